The van der Waals surface area contributed by atoms with Crippen LogP contribution in [-0.2, 0) is 9.59 Å². The molecular weight excluding hydrogens is 206 g/mol. The number of Topliss-reactive ketones (excluding diaryl/α,β-unsaturated/α-hetero) is 1. The number of benzene rings is 1. The summed E-state index contributed by atoms with van der Waals surface area (Å²) >= 11 is 0. The molecule has 4 nitrogen and oxygen atoms in total. The first-order valence-corrected chi connectivity index (χ1v) is 5.23. The molecule has 2 rings (SSSR count). The summed E-state index contributed by atoms with van der Waals surface area (Å²) < 4.78 is 5.31. The lowest BCUT2D eigenvalue weighted by molar-refractivity contribution is -0.133. The molecule has 0 aliphatic carbocycles. The molecule has 84 valence electrons. The molecule has 0 spiro atoms. The van der Waals surface area contributed by atoms with E-state index in [-0.39, 0.29) is 24.8 Å². The summed E-state index contributed by atoms with van der Waals surface area (Å²) in [6.07, 6.45) is 0.469. The van der Waals surface area contributed by atoms with Gasteiger partial charge in [-0.1, -0.05) is 18.2 Å². The van der Waals surface area contributed by atoms with Crippen molar-refractivity contribution < 1.29 is 14.3 Å². The van der Waals surface area contributed by atoms with Gasteiger partial charge in [-0.3, -0.25) is 9.59 Å². The molecule has 16 heavy (non-hydrogen) atoms. The molecule has 1 amide bonds. The third-order valence-corrected chi connectivity index (χ3v) is 2.49. The molecule has 1 saturated heterocycles. The second-order valence-electron chi connectivity index (χ2n) is 3.71. The fourth-order valence-corrected chi connectivity index (χ4v) is 1.60. The van der Waals surface area contributed by atoms with E-state index in [2.05, 4.69) is 0 Å². The molecule has 0 atom stereocenters. The van der Waals surface area contributed by atoms with Gasteiger partial charge in [0.2, 0.25) is 0 Å². The van der Waals surface area contributed by atoms with Crippen LogP contribution in [0.1, 0.15) is 6.42 Å². The van der Waals surface area contributed by atoms with E-state index in [1.807, 2.05) is 18.2 Å². The summed E-state index contributed by atoms with van der Waals surface area (Å²) in [6, 6.07) is 9.16. The van der Waals surface area contributed by atoms with Crippen molar-refractivity contribution in [3.63, 3.8) is 0 Å². The molecule has 0 aromatic heterocycles. The van der Waals surface area contributed by atoms with Gasteiger partial charge in [0.15, 0.2) is 12.4 Å². The monoisotopic (exact) mass is 219 g/mol. The van der Waals surface area contributed by atoms with E-state index in [1.54, 1.807) is 12.1 Å². The van der Waals surface area contributed by atoms with Gasteiger partial charge in [-0.05, 0) is 12.1 Å². The van der Waals surface area contributed by atoms with Crippen molar-refractivity contribution in [1.29, 1.82) is 0 Å². The normalized spacial score (nSPS) is 15.2. The highest BCUT2D eigenvalue weighted by atomic mass is 16.5. The second kappa shape index (κ2) is 4.79. The number of hydrogen-bond donors (Lipinski definition) is 0. The molecular formula is C12H13NO3. The molecule has 0 saturated carbocycles. The molecule has 0 radical (unpaired) electrons. The van der Waals surface area contributed by atoms with Gasteiger partial charge in [0.1, 0.15) is 5.75 Å². The Hall–Kier alpha value is -1.84. The Balaban J connectivity index is 1.82. The molecule has 1 aromatic carbocycles. The number of para-hydroxylation sites is 1. The molecule has 0 bridgehead atoms. The SMILES string of the molecule is O=C1CCN(C(=O)COc2ccccc2)C1. The van der Waals surface area contributed by atoms with Crippen molar-refractivity contribution in [2.75, 3.05) is 19.7 Å². The van der Waals surface area contributed by atoms with E-state index in [9.17, 15) is 9.59 Å². The van der Waals surface area contributed by atoms with E-state index < -0.39 is 0 Å². The van der Waals surface area contributed by atoms with Crippen molar-refractivity contribution in [2.24, 2.45) is 0 Å². The summed E-state index contributed by atoms with van der Waals surface area (Å²) in [5.74, 6) is 0.657. The Morgan fingerprint density at radius 1 is 1.31 bits per heavy atom. The number of hydrogen-bond acceptors (Lipinski definition) is 3. The number of likely N-dealkylation sites (tertiary alicyclic amines) is 1. The van der Waals surface area contributed by atoms with Crippen LogP contribution in [-0.4, -0.2) is 36.3 Å². The highest BCUT2D eigenvalue weighted by Gasteiger charge is 2.23. The predicted octanol–water partition coefficient (Wildman–Crippen LogP) is 0.867. The van der Waals surface area contributed by atoms with E-state index in [0.717, 1.165) is 0 Å². The highest BCUT2D eigenvalue weighted by Crippen LogP contribution is 2.09. The Morgan fingerprint density at radius 3 is 2.69 bits per heavy atom. The molecule has 1 aliphatic heterocycles. The van der Waals surface area contributed by atoms with Gasteiger partial charge in [-0.25, -0.2) is 0 Å². The van der Waals surface area contributed by atoms with Crippen LogP contribution in [0.5, 0.6) is 5.75 Å². The summed E-state index contributed by atoms with van der Waals surface area (Å²) in [4.78, 5) is 24.1. The Morgan fingerprint density at radius 2 is 2.06 bits per heavy atom. The quantitative estimate of drug-likeness (QED) is 0.757. The van der Waals surface area contributed by atoms with Crippen LogP contribution in [0.2, 0.25) is 0 Å². The lowest BCUT2D eigenvalue weighted by Crippen LogP contribution is -2.33. The average molecular weight is 219 g/mol. The zero-order chi connectivity index (χ0) is 11.4. The third kappa shape index (κ3) is 2.59. The molecule has 0 N–H and O–H groups in total. The van der Waals surface area contributed by atoms with Gasteiger partial charge in [-0.2, -0.15) is 0 Å². The zero-order valence-electron chi connectivity index (χ0n) is 8.89. The summed E-state index contributed by atoms with van der Waals surface area (Å²) in [6.45, 7) is 0.754. The third-order valence-electron chi connectivity index (χ3n) is 2.49. The molecule has 1 aliphatic rings. The number of carbonyl (C=O) groups excluding carboxylic acids is 2. The maximum atomic E-state index is 11.6. The highest BCUT2D eigenvalue weighted by molar-refractivity contribution is 5.89. The average Bonchev–Trinajstić information content (AvgIpc) is 2.74. The summed E-state index contributed by atoms with van der Waals surface area (Å²) in [5.41, 5.74) is 0. The zero-order valence-corrected chi connectivity index (χ0v) is 8.89. The van der Waals surface area contributed by atoms with Crippen LogP contribution in [0, 0.1) is 0 Å². The number of rotatable bonds is 3. The van der Waals surface area contributed by atoms with E-state index in [1.165, 1.54) is 4.90 Å². The molecule has 1 aromatic rings. The predicted molar refractivity (Wildman–Crippen MR) is 58.1 cm³/mol. The number of ether oxygens (including phenoxy) is 1. The minimum absolute atomic E-state index is 0.00269. The Bertz CT molecular complexity index is 389. The lowest BCUT2D eigenvalue weighted by Gasteiger charge is -2.14. The maximum Gasteiger partial charge on any atom is 0.260 e. The van der Waals surface area contributed by atoms with Crippen LogP contribution in [0.3, 0.4) is 0 Å². The number of ketones is 1. The number of amides is 1. The van der Waals surface area contributed by atoms with Crippen molar-refractivity contribution in [3.8, 4) is 5.75 Å². The number of carbonyl (C=O) groups is 2. The lowest BCUT2D eigenvalue weighted by atomic mass is 10.3. The van der Waals surface area contributed by atoms with Crippen LogP contribution >= 0.6 is 0 Å². The fraction of sp³-hybridized carbons (Fsp3) is 0.333. The maximum absolute atomic E-state index is 11.6. The van der Waals surface area contributed by atoms with Gasteiger partial charge in [0.25, 0.3) is 5.91 Å². The number of nitrogens with zero attached hydrogens (tertiary/aromatic N) is 1. The topological polar surface area (TPSA) is 46.6 Å². The molecule has 1 fully saturated rings. The first-order chi connectivity index (χ1) is 7.75. The van der Waals surface area contributed by atoms with Gasteiger partial charge in [-0.15, -0.1) is 0 Å². The minimum Gasteiger partial charge on any atom is -0.484 e. The first kappa shape index (κ1) is 10.7. The van der Waals surface area contributed by atoms with Crippen LogP contribution in [0.4, 0.5) is 0 Å². The minimum atomic E-state index is -0.130. The fourth-order valence-electron chi connectivity index (χ4n) is 1.60. The van der Waals surface area contributed by atoms with E-state index in [4.69, 9.17) is 4.74 Å². The molecule has 1 heterocycles. The van der Waals surface area contributed by atoms with Crippen molar-refractivity contribution in [1.82, 2.24) is 4.90 Å². The van der Waals surface area contributed by atoms with Gasteiger partial charge in [0.05, 0.1) is 6.54 Å². The smallest absolute Gasteiger partial charge is 0.260 e. The van der Waals surface area contributed by atoms with Crippen LogP contribution < -0.4 is 4.74 Å². The molecule has 4 heteroatoms. The van der Waals surface area contributed by atoms with Crippen molar-refractivity contribution in [2.45, 2.75) is 6.42 Å². The van der Waals surface area contributed by atoms with E-state index >= 15 is 0 Å². The Labute approximate surface area is 93.8 Å². The molecule has 0 unspecified atom stereocenters. The van der Waals surface area contributed by atoms with E-state index in [0.29, 0.717) is 18.7 Å². The van der Waals surface area contributed by atoms with Gasteiger partial charge in [0, 0.05) is 13.0 Å². The van der Waals surface area contributed by atoms with Gasteiger partial charge >= 0.3 is 0 Å². The summed E-state index contributed by atoms with van der Waals surface area (Å²) in [5, 5.41) is 0. The van der Waals surface area contributed by atoms with Crippen molar-refractivity contribution in [3.05, 3.63) is 30.3 Å². The van der Waals surface area contributed by atoms with Crippen LogP contribution in [0.15, 0.2) is 30.3 Å². The standard InChI is InChI=1S/C12H13NO3/c14-10-6-7-13(8-10)12(15)9-16-11-4-2-1-3-5-11/h1-5H,6-9H2. The largest absolute Gasteiger partial charge is 0.484 e. The van der Waals surface area contributed by atoms with Gasteiger partial charge < -0.3 is 9.64 Å². The summed E-state index contributed by atoms with van der Waals surface area (Å²) in [7, 11) is 0. The first-order valence-electron chi connectivity index (χ1n) is 5.23. The van der Waals surface area contributed by atoms with Crippen molar-refractivity contribution >= 4 is 11.7 Å². The van der Waals surface area contributed by atoms with Crippen LogP contribution in [0.25, 0.3) is 0 Å². The second-order valence-corrected chi connectivity index (χ2v) is 3.71. The Kier molecular flexibility index (Phi) is 3.19.